The lowest BCUT2D eigenvalue weighted by Gasteiger charge is -2.41. The van der Waals surface area contributed by atoms with Gasteiger partial charge in [-0.25, -0.2) is 8.42 Å². The van der Waals surface area contributed by atoms with Crippen LogP contribution in [0.1, 0.15) is 37.2 Å². The van der Waals surface area contributed by atoms with Crippen molar-refractivity contribution in [3.05, 3.63) is 48.2 Å². The molecule has 1 N–H and O–H groups in total. The summed E-state index contributed by atoms with van der Waals surface area (Å²) in [5.41, 5.74) is 0.898. The van der Waals surface area contributed by atoms with Crippen LogP contribution in [0.15, 0.2) is 42.5 Å². The first-order chi connectivity index (χ1) is 12.9. The Balaban J connectivity index is 1.75. The predicted octanol–water partition coefficient (Wildman–Crippen LogP) is 2.52. The van der Waals surface area contributed by atoms with Crippen LogP contribution in [-0.4, -0.2) is 48.1 Å². The summed E-state index contributed by atoms with van der Waals surface area (Å²) in [6.07, 6.45) is 1.13. The first kappa shape index (κ1) is 19.3. The van der Waals surface area contributed by atoms with Crippen molar-refractivity contribution in [3.63, 3.8) is 0 Å². The van der Waals surface area contributed by atoms with Crippen molar-refractivity contribution in [1.82, 2.24) is 10.2 Å². The van der Waals surface area contributed by atoms with Crippen LogP contribution in [0.25, 0.3) is 0 Å². The Morgan fingerprint density at radius 3 is 2.41 bits per heavy atom. The zero-order valence-electron chi connectivity index (χ0n) is 15.6. The van der Waals surface area contributed by atoms with E-state index in [0.29, 0.717) is 37.4 Å². The van der Waals surface area contributed by atoms with E-state index in [2.05, 4.69) is 15.5 Å². The Bertz CT molecular complexity index is 894. The molecule has 144 valence electrons. The molecule has 1 fully saturated rings. The third kappa shape index (κ3) is 3.80. The molecule has 1 aromatic carbocycles. The molecule has 3 rings (SSSR count). The van der Waals surface area contributed by atoms with Crippen LogP contribution in [-0.2, 0) is 9.84 Å². The zero-order chi connectivity index (χ0) is 19.5. The standard InChI is InChI=1S/C19H24N4O3S/c1-3-19(4-2)14-23(12-13-27(19,25)26)17-11-10-16(21-22-17)18(24)20-15-8-6-5-7-9-15/h5-11H,3-4,12-14H2,1-2H3,(H,20,24). The van der Waals surface area contributed by atoms with E-state index in [1.165, 1.54) is 0 Å². The van der Waals surface area contributed by atoms with E-state index in [0.717, 1.165) is 0 Å². The average molecular weight is 388 g/mol. The van der Waals surface area contributed by atoms with Gasteiger partial charge in [-0.2, -0.15) is 0 Å². The van der Waals surface area contributed by atoms with Gasteiger partial charge in [0.2, 0.25) is 0 Å². The molecule has 0 atom stereocenters. The Hall–Kier alpha value is -2.48. The number of para-hydroxylation sites is 1. The summed E-state index contributed by atoms with van der Waals surface area (Å²) in [7, 11) is -3.14. The number of anilines is 2. The fourth-order valence-electron chi connectivity index (χ4n) is 3.41. The highest BCUT2D eigenvalue weighted by Gasteiger charge is 2.45. The van der Waals surface area contributed by atoms with E-state index in [1.807, 2.05) is 36.9 Å². The number of carbonyl (C=O) groups is 1. The molecule has 1 aromatic heterocycles. The predicted molar refractivity (Wildman–Crippen MR) is 106 cm³/mol. The smallest absolute Gasteiger partial charge is 0.276 e. The molecule has 0 unspecified atom stereocenters. The van der Waals surface area contributed by atoms with Gasteiger partial charge in [-0.1, -0.05) is 32.0 Å². The van der Waals surface area contributed by atoms with Crippen LogP contribution in [0.4, 0.5) is 11.5 Å². The molecular weight excluding hydrogens is 364 g/mol. The highest BCUT2D eigenvalue weighted by atomic mass is 32.2. The fourth-order valence-corrected chi connectivity index (χ4v) is 5.54. The van der Waals surface area contributed by atoms with Gasteiger partial charge in [-0.05, 0) is 37.1 Å². The average Bonchev–Trinajstić information content (AvgIpc) is 2.69. The summed E-state index contributed by atoms with van der Waals surface area (Å²) in [5, 5.41) is 11.0. The maximum Gasteiger partial charge on any atom is 0.276 e. The Morgan fingerprint density at radius 1 is 1.11 bits per heavy atom. The van der Waals surface area contributed by atoms with Crippen molar-refractivity contribution in [2.24, 2.45) is 0 Å². The second-order valence-corrected chi connectivity index (χ2v) is 9.23. The van der Waals surface area contributed by atoms with Gasteiger partial charge in [0.1, 0.15) is 0 Å². The zero-order valence-corrected chi connectivity index (χ0v) is 16.4. The normalized spacial score (nSPS) is 18.1. The van der Waals surface area contributed by atoms with Crippen molar-refractivity contribution in [2.45, 2.75) is 31.4 Å². The van der Waals surface area contributed by atoms with Crippen LogP contribution in [0.3, 0.4) is 0 Å². The minimum Gasteiger partial charge on any atom is -0.353 e. The molecule has 1 aliphatic rings. The van der Waals surface area contributed by atoms with Crippen molar-refractivity contribution in [1.29, 1.82) is 0 Å². The van der Waals surface area contributed by atoms with E-state index in [-0.39, 0.29) is 17.4 Å². The van der Waals surface area contributed by atoms with Crippen molar-refractivity contribution in [3.8, 4) is 0 Å². The molecule has 0 radical (unpaired) electrons. The number of rotatable bonds is 5. The third-order valence-electron chi connectivity index (χ3n) is 5.30. The van der Waals surface area contributed by atoms with Gasteiger partial charge >= 0.3 is 0 Å². The van der Waals surface area contributed by atoms with Crippen molar-refractivity contribution in [2.75, 3.05) is 29.1 Å². The first-order valence-corrected chi connectivity index (χ1v) is 10.7. The van der Waals surface area contributed by atoms with Crippen molar-refractivity contribution >= 4 is 27.2 Å². The van der Waals surface area contributed by atoms with Crippen LogP contribution < -0.4 is 10.2 Å². The summed E-state index contributed by atoms with van der Waals surface area (Å²) in [4.78, 5) is 14.2. The Labute approximate surface area is 159 Å². The molecule has 0 bridgehead atoms. The van der Waals surface area contributed by atoms with Crippen LogP contribution in [0.2, 0.25) is 0 Å². The van der Waals surface area contributed by atoms with Gasteiger partial charge in [0.15, 0.2) is 21.3 Å². The van der Waals surface area contributed by atoms with Crippen LogP contribution >= 0.6 is 0 Å². The molecule has 2 heterocycles. The molecule has 2 aromatic rings. The van der Waals surface area contributed by atoms with Gasteiger partial charge in [0.05, 0.1) is 10.5 Å². The quantitative estimate of drug-likeness (QED) is 0.846. The molecule has 27 heavy (non-hydrogen) atoms. The Kier molecular flexibility index (Phi) is 5.46. The molecule has 0 saturated carbocycles. The van der Waals surface area contributed by atoms with Crippen LogP contribution in [0, 0.1) is 0 Å². The lowest BCUT2D eigenvalue weighted by Crippen LogP contribution is -2.56. The summed E-state index contributed by atoms with van der Waals surface area (Å²) in [5.74, 6) is 0.359. The van der Waals surface area contributed by atoms with E-state index in [4.69, 9.17) is 0 Å². The molecule has 0 spiro atoms. The monoisotopic (exact) mass is 388 g/mol. The van der Waals surface area contributed by atoms with E-state index < -0.39 is 14.6 Å². The number of sulfone groups is 1. The van der Waals surface area contributed by atoms with Gasteiger partial charge < -0.3 is 10.2 Å². The summed E-state index contributed by atoms with van der Waals surface area (Å²) in [6, 6.07) is 12.5. The van der Waals surface area contributed by atoms with Crippen LogP contribution in [0.5, 0.6) is 0 Å². The molecule has 1 amide bonds. The van der Waals surface area contributed by atoms with E-state index >= 15 is 0 Å². The Morgan fingerprint density at radius 2 is 1.81 bits per heavy atom. The number of nitrogens with one attached hydrogen (secondary N) is 1. The second-order valence-electron chi connectivity index (χ2n) is 6.73. The van der Waals surface area contributed by atoms with Gasteiger partial charge in [0, 0.05) is 18.8 Å². The number of amides is 1. The highest BCUT2D eigenvalue weighted by Crippen LogP contribution is 2.33. The minimum absolute atomic E-state index is 0.104. The molecule has 8 heteroatoms. The van der Waals surface area contributed by atoms with E-state index in [9.17, 15) is 13.2 Å². The number of hydrogen-bond acceptors (Lipinski definition) is 6. The minimum atomic E-state index is -3.14. The number of benzene rings is 1. The first-order valence-electron chi connectivity index (χ1n) is 9.08. The molecule has 7 nitrogen and oxygen atoms in total. The second kappa shape index (κ2) is 7.64. The largest absolute Gasteiger partial charge is 0.353 e. The number of carbonyl (C=O) groups excluding carboxylic acids is 1. The lowest BCUT2D eigenvalue weighted by atomic mass is 10.0. The van der Waals surface area contributed by atoms with Gasteiger partial charge in [-0.15, -0.1) is 10.2 Å². The maximum absolute atomic E-state index is 12.5. The number of aromatic nitrogens is 2. The van der Waals surface area contributed by atoms with Gasteiger partial charge in [-0.3, -0.25) is 4.79 Å². The highest BCUT2D eigenvalue weighted by molar-refractivity contribution is 7.92. The summed E-state index contributed by atoms with van der Waals surface area (Å²) < 4.78 is 24.3. The molecule has 1 saturated heterocycles. The molecule has 1 aliphatic heterocycles. The number of nitrogens with zero attached hydrogens (tertiary/aromatic N) is 3. The maximum atomic E-state index is 12.5. The summed E-state index contributed by atoms with van der Waals surface area (Å²) >= 11 is 0. The lowest BCUT2D eigenvalue weighted by molar-refractivity contribution is 0.102. The molecular formula is C19H24N4O3S. The number of hydrogen-bond donors (Lipinski definition) is 1. The topological polar surface area (TPSA) is 92.3 Å². The molecule has 0 aliphatic carbocycles. The van der Waals surface area contributed by atoms with Gasteiger partial charge in [0.25, 0.3) is 5.91 Å². The van der Waals surface area contributed by atoms with Crippen molar-refractivity contribution < 1.29 is 13.2 Å². The fraction of sp³-hybridized carbons (Fsp3) is 0.421. The third-order valence-corrected chi connectivity index (χ3v) is 8.04. The SMILES string of the molecule is CCC1(CC)CN(c2ccc(C(=O)Nc3ccccc3)nn2)CCS1(=O)=O. The summed E-state index contributed by atoms with van der Waals surface area (Å²) in [6.45, 7) is 4.60. The van der Waals surface area contributed by atoms with E-state index in [1.54, 1.807) is 24.3 Å².